The quantitative estimate of drug-likeness (QED) is 0.562. The summed E-state index contributed by atoms with van der Waals surface area (Å²) in [5.41, 5.74) is 4.57. The number of amides is 1. The molecule has 0 aliphatic rings. The second kappa shape index (κ2) is 9.23. The fourth-order valence-corrected chi connectivity index (χ4v) is 3.12. The molecule has 0 aromatic heterocycles. The highest BCUT2D eigenvalue weighted by Crippen LogP contribution is 2.19. The molecule has 0 unspecified atom stereocenters. The van der Waals surface area contributed by atoms with Crippen LogP contribution in [0.2, 0.25) is 0 Å². The maximum Gasteiger partial charge on any atom is 0.263 e. The van der Waals surface area contributed by atoms with Gasteiger partial charge >= 0.3 is 0 Å². The van der Waals surface area contributed by atoms with E-state index in [2.05, 4.69) is 6.92 Å². The monoisotopic (exact) mass is 373 g/mol. The summed E-state index contributed by atoms with van der Waals surface area (Å²) >= 11 is 0. The predicted molar refractivity (Wildman–Crippen MR) is 113 cm³/mol. The topological polar surface area (TPSA) is 29.5 Å². The van der Waals surface area contributed by atoms with Gasteiger partial charge in [0.25, 0.3) is 5.91 Å². The van der Waals surface area contributed by atoms with Gasteiger partial charge in [0.2, 0.25) is 0 Å². The minimum atomic E-state index is -0.561. The largest absolute Gasteiger partial charge is 0.481 e. The Morgan fingerprint density at radius 3 is 1.86 bits per heavy atom. The first-order valence-corrected chi connectivity index (χ1v) is 9.63. The molecule has 3 heteroatoms. The summed E-state index contributed by atoms with van der Waals surface area (Å²) in [6, 6.07) is 26.0. The molecule has 0 radical (unpaired) electrons. The molecule has 0 saturated heterocycles. The average molecular weight is 373 g/mol. The molecule has 0 bridgehead atoms. The number of ether oxygens (including phenoxy) is 1. The normalized spacial score (nSPS) is 11.7. The van der Waals surface area contributed by atoms with Crippen LogP contribution in [0.5, 0.6) is 5.75 Å². The van der Waals surface area contributed by atoms with Crippen molar-refractivity contribution in [3.8, 4) is 5.75 Å². The molecular weight excluding hydrogens is 346 g/mol. The highest BCUT2D eigenvalue weighted by Gasteiger charge is 2.23. The van der Waals surface area contributed by atoms with Crippen LogP contribution in [0, 0.1) is 13.8 Å². The summed E-state index contributed by atoms with van der Waals surface area (Å²) in [7, 11) is 0. The lowest BCUT2D eigenvalue weighted by molar-refractivity contribution is -0.139. The Morgan fingerprint density at radius 2 is 1.36 bits per heavy atom. The van der Waals surface area contributed by atoms with Gasteiger partial charge in [0.05, 0.1) is 0 Å². The summed E-state index contributed by atoms with van der Waals surface area (Å²) in [6.45, 7) is 7.03. The van der Waals surface area contributed by atoms with E-state index in [4.69, 9.17) is 4.74 Å². The van der Waals surface area contributed by atoms with E-state index < -0.39 is 6.10 Å². The molecular formula is C25H27NO2. The van der Waals surface area contributed by atoms with Gasteiger partial charge in [-0.15, -0.1) is 0 Å². The van der Waals surface area contributed by atoms with Crippen LogP contribution in [0.15, 0.2) is 78.9 Å². The number of rotatable bonds is 7. The van der Waals surface area contributed by atoms with Crippen molar-refractivity contribution in [2.45, 2.75) is 40.0 Å². The third-order valence-electron chi connectivity index (χ3n) is 4.88. The molecule has 144 valence electrons. The summed E-state index contributed by atoms with van der Waals surface area (Å²) in [5.74, 6) is 0.703. The summed E-state index contributed by atoms with van der Waals surface area (Å²) in [6.07, 6.45) is -0.561. The highest BCUT2D eigenvalue weighted by molar-refractivity contribution is 5.81. The zero-order valence-corrected chi connectivity index (χ0v) is 16.8. The first-order valence-electron chi connectivity index (χ1n) is 9.63. The Kier molecular flexibility index (Phi) is 6.49. The molecule has 1 atom stereocenters. The number of carbonyl (C=O) groups excluding carboxylic acids is 1. The van der Waals surface area contributed by atoms with Crippen molar-refractivity contribution in [3.63, 3.8) is 0 Å². The van der Waals surface area contributed by atoms with Crippen molar-refractivity contribution in [1.82, 2.24) is 4.90 Å². The molecule has 3 aromatic carbocycles. The zero-order chi connectivity index (χ0) is 19.9. The van der Waals surface area contributed by atoms with Gasteiger partial charge in [-0.25, -0.2) is 0 Å². The Bertz CT molecular complexity index is 865. The number of hydrogen-bond donors (Lipinski definition) is 0. The van der Waals surface area contributed by atoms with Gasteiger partial charge in [-0.05, 0) is 55.2 Å². The molecule has 0 aliphatic heterocycles. The Hall–Kier alpha value is -3.07. The smallest absolute Gasteiger partial charge is 0.263 e. The summed E-state index contributed by atoms with van der Waals surface area (Å²) < 4.78 is 5.98. The van der Waals surface area contributed by atoms with Crippen molar-refractivity contribution >= 4 is 5.91 Å². The molecule has 0 spiro atoms. The minimum absolute atomic E-state index is 0.0223. The predicted octanol–water partition coefficient (Wildman–Crippen LogP) is 5.30. The fraction of sp³-hybridized carbons (Fsp3) is 0.240. The van der Waals surface area contributed by atoms with Gasteiger partial charge in [-0.1, -0.05) is 66.7 Å². The van der Waals surface area contributed by atoms with Gasteiger partial charge in [-0.3, -0.25) is 4.79 Å². The lowest BCUT2D eigenvalue weighted by Gasteiger charge is -2.26. The second-order valence-corrected chi connectivity index (χ2v) is 7.17. The van der Waals surface area contributed by atoms with Crippen molar-refractivity contribution in [2.24, 2.45) is 0 Å². The van der Waals surface area contributed by atoms with E-state index in [0.29, 0.717) is 13.1 Å². The lowest BCUT2D eigenvalue weighted by atomic mass is 10.1. The molecule has 0 aliphatic carbocycles. The minimum Gasteiger partial charge on any atom is -0.481 e. The molecule has 0 fully saturated rings. The summed E-state index contributed by atoms with van der Waals surface area (Å²) in [4.78, 5) is 15.1. The van der Waals surface area contributed by atoms with Crippen LogP contribution in [-0.2, 0) is 17.9 Å². The van der Waals surface area contributed by atoms with Gasteiger partial charge in [0, 0.05) is 13.1 Å². The van der Waals surface area contributed by atoms with Gasteiger partial charge < -0.3 is 9.64 Å². The number of aryl methyl sites for hydroxylation is 2. The van der Waals surface area contributed by atoms with Crippen LogP contribution < -0.4 is 4.74 Å². The highest BCUT2D eigenvalue weighted by atomic mass is 16.5. The maximum atomic E-state index is 13.2. The van der Waals surface area contributed by atoms with E-state index in [1.165, 1.54) is 5.56 Å². The van der Waals surface area contributed by atoms with E-state index >= 15 is 0 Å². The van der Waals surface area contributed by atoms with Crippen LogP contribution in [0.25, 0.3) is 0 Å². The van der Waals surface area contributed by atoms with Crippen molar-refractivity contribution in [2.75, 3.05) is 0 Å². The van der Waals surface area contributed by atoms with E-state index in [1.807, 2.05) is 97.6 Å². The van der Waals surface area contributed by atoms with E-state index in [-0.39, 0.29) is 5.91 Å². The maximum absolute atomic E-state index is 13.2. The molecule has 3 nitrogen and oxygen atoms in total. The summed E-state index contributed by atoms with van der Waals surface area (Å²) in [5, 5.41) is 0. The molecule has 3 aromatic rings. The van der Waals surface area contributed by atoms with Crippen molar-refractivity contribution < 1.29 is 9.53 Å². The molecule has 0 saturated carbocycles. The third-order valence-corrected chi connectivity index (χ3v) is 4.88. The lowest BCUT2D eigenvalue weighted by Crippen LogP contribution is -2.39. The van der Waals surface area contributed by atoms with E-state index in [0.717, 1.165) is 22.4 Å². The first-order chi connectivity index (χ1) is 13.5. The average Bonchev–Trinajstić information content (AvgIpc) is 2.71. The van der Waals surface area contributed by atoms with Gasteiger partial charge in [0.1, 0.15) is 5.75 Å². The van der Waals surface area contributed by atoms with Gasteiger partial charge in [-0.2, -0.15) is 0 Å². The van der Waals surface area contributed by atoms with E-state index in [1.54, 1.807) is 0 Å². The van der Waals surface area contributed by atoms with Crippen LogP contribution in [0.4, 0.5) is 0 Å². The van der Waals surface area contributed by atoms with Crippen LogP contribution >= 0.6 is 0 Å². The van der Waals surface area contributed by atoms with Crippen LogP contribution in [0.1, 0.15) is 29.2 Å². The second-order valence-electron chi connectivity index (χ2n) is 7.17. The molecule has 0 heterocycles. The molecule has 0 N–H and O–H groups in total. The number of carbonyl (C=O) groups is 1. The zero-order valence-electron chi connectivity index (χ0n) is 16.8. The number of hydrogen-bond acceptors (Lipinski definition) is 2. The standard InChI is InChI=1S/C25H27NO2/c1-19-14-15-24(16-20(19)2)28-21(3)25(27)26(17-22-10-6-4-7-11-22)18-23-12-8-5-9-13-23/h4-16,21H,17-18H2,1-3H3/t21-/m0/s1. The van der Waals surface area contributed by atoms with Crippen molar-refractivity contribution in [3.05, 3.63) is 101 Å². The Labute approximate surface area is 167 Å². The molecule has 3 rings (SSSR count). The SMILES string of the molecule is Cc1ccc(O[C@@H](C)C(=O)N(Cc2ccccc2)Cc2ccccc2)cc1C. The third kappa shape index (κ3) is 5.23. The molecule has 1 amide bonds. The van der Waals surface area contributed by atoms with Gasteiger partial charge in [0.15, 0.2) is 6.10 Å². The molecule has 28 heavy (non-hydrogen) atoms. The number of benzene rings is 3. The number of nitrogens with zero attached hydrogens (tertiary/aromatic N) is 1. The van der Waals surface area contributed by atoms with Crippen LogP contribution in [-0.4, -0.2) is 16.9 Å². The Morgan fingerprint density at radius 1 is 0.821 bits per heavy atom. The Balaban J connectivity index is 1.77. The van der Waals surface area contributed by atoms with E-state index in [9.17, 15) is 4.79 Å². The fourth-order valence-electron chi connectivity index (χ4n) is 3.12. The van der Waals surface area contributed by atoms with Crippen molar-refractivity contribution in [1.29, 1.82) is 0 Å². The van der Waals surface area contributed by atoms with Crippen LogP contribution in [0.3, 0.4) is 0 Å². The first kappa shape index (κ1) is 19.7.